The first kappa shape index (κ1) is 11.8. The highest BCUT2D eigenvalue weighted by Gasteiger charge is 2.26. The second-order valence-electron chi connectivity index (χ2n) is 3.84. The molecule has 2 rings (SSSR count). The van der Waals surface area contributed by atoms with E-state index in [1.807, 2.05) is 6.07 Å². The summed E-state index contributed by atoms with van der Waals surface area (Å²) in [4.78, 5) is 24.2. The Labute approximate surface area is 98.6 Å². The Morgan fingerprint density at radius 1 is 1.18 bits per heavy atom. The van der Waals surface area contributed by atoms with E-state index in [1.165, 1.54) is 4.90 Å². The molecule has 0 atom stereocenters. The van der Waals surface area contributed by atoms with Crippen molar-refractivity contribution in [1.82, 2.24) is 4.90 Å². The van der Waals surface area contributed by atoms with Gasteiger partial charge in [-0.05, 0) is 11.1 Å². The number of morpholine rings is 1. The summed E-state index contributed by atoms with van der Waals surface area (Å²) >= 11 is 0. The zero-order valence-electron chi connectivity index (χ0n) is 9.26. The number of amides is 2. The number of ether oxygens (including phenoxy) is 1. The van der Waals surface area contributed by atoms with Crippen LogP contribution in [0.1, 0.15) is 11.1 Å². The van der Waals surface area contributed by atoms with E-state index >= 15 is 0 Å². The number of hydrogen-bond acceptors (Lipinski definition) is 4. The van der Waals surface area contributed by atoms with Crippen LogP contribution in [0.2, 0.25) is 0 Å². The maximum atomic E-state index is 11.5. The van der Waals surface area contributed by atoms with Gasteiger partial charge in [-0.2, -0.15) is 0 Å². The molecule has 0 aliphatic carbocycles. The molecular weight excluding hydrogens is 222 g/mol. The molecule has 1 fully saturated rings. The van der Waals surface area contributed by atoms with Crippen molar-refractivity contribution < 1.29 is 19.4 Å². The third kappa shape index (κ3) is 2.69. The molecule has 1 aromatic rings. The van der Waals surface area contributed by atoms with Gasteiger partial charge in [-0.15, -0.1) is 0 Å². The van der Waals surface area contributed by atoms with Crippen LogP contribution in [0.15, 0.2) is 24.3 Å². The van der Waals surface area contributed by atoms with Crippen LogP contribution in [0.5, 0.6) is 0 Å². The van der Waals surface area contributed by atoms with E-state index in [4.69, 9.17) is 9.84 Å². The molecule has 0 aromatic heterocycles. The third-order valence-corrected chi connectivity index (χ3v) is 2.57. The van der Waals surface area contributed by atoms with Gasteiger partial charge in [0, 0.05) is 0 Å². The summed E-state index contributed by atoms with van der Waals surface area (Å²) in [5.41, 5.74) is 1.58. The van der Waals surface area contributed by atoms with Gasteiger partial charge in [0.25, 0.3) is 11.8 Å². The highest BCUT2D eigenvalue weighted by Crippen LogP contribution is 2.11. The normalized spacial score (nSPS) is 16.4. The average molecular weight is 235 g/mol. The molecular formula is C12H13NO4. The molecule has 17 heavy (non-hydrogen) atoms. The number of hydrogen-bond donors (Lipinski definition) is 1. The van der Waals surface area contributed by atoms with Gasteiger partial charge in [-0.3, -0.25) is 14.5 Å². The van der Waals surface area contributed by atoms with E-state index in [0.29, 0.717) is 0 Å². The van der Waals surface area contributed by atoms with Gasteiger partial charge in [0.05, 0.1) is 13.2 Å². The van der Waals surface area contributed by atoms with Crippen LogP contribution in [0.3, 0.4) is 0 Å². The van der Waals surface area contributed by atoms with Crippen molar-refractivity contribution >= 4 is 11.8 Å². The van der Waals surface area contributed by atoms with Gasteiger partial charge in [-0.1, -0.05) is 24.3 Å². The van der Waals surface area contributed by atoms with Crippen molar-refractivity contribution in [3.8, 4) is 0 Å². The highest BCUT2D eigenvalue weighted by atomic mass is 16.5. The lowest BCUT2D eigenvalue weighted by Gasteiger charge is -2.25. The fourth-order valence-electron chi connectivity index (χ4n) is 1.71. The molecule has 0 bridgehead atoms. The predicted octanol–water partition coefficient (Wildman–Crippen LogP) is 0.0643. The Bertz CT molecular complexity index is 428. The van der Waals surface area contributed by atoms with Crippen molar-refractivity contribution in [2.75, 3.05) is 13.2 Å². The summed E-state index contributed by atoms with van der Waals surface area (Å²) in [6.07, 6.45) is 0. The monoisotopic (exact) mass is 235 g/mol. The lowest BCUT2D eigenvalue weighted by molar-refractivity contribution is -0.159. The number of aliphatic hydroxyl groups is 1. The number of carbonyl (C=O) groups excluding carboxylic acids is 2. The van der Waals surface area contributed by atoms with Crippen molar-refractivity contribution in [3.05, 3.63) is 35.4 Å². The SMILES string of the molecule is O=C1COCC(=O)N1Cc1cccc(CO)c1. The molecule has 1 aromatic carbocycles. The van der Waals surface area contributed by atoms with Crippen LogP contribution < -0.4 is 0 Å². The summed E-state index contributed by atoms with van der Waals surface area (Å²) in [5.74, 6) is -0.647. The lowest BCUT2D eigenvalue weighted by atomic mass is 10.1. The standard InChI is InChI=1S/C12H13NO4/c14-6-10-3-1-2-9(4-10)5-13-11(15)7-17-8-12(13)16/h1-4,14H,5-8H2. The first-order valence-electron chi connectivity index (χ1n) is 5.30. The molecule has 0 unspecified atom stereocenters. The third-order valence-electron chi connectivity index (χ3n) is 2.57. The Morgan fingerprint density at radius 2 is 1.82 bits per heavy atom. The van der Waals surface area contributed by atoms with Crippen LogP contribution in [-0.4, -0.2) is 35.0 Å². The minimum absolute atomic E-state index is 0.0502. The summed E-state index contributed by atoms with van der Waals surface area (Å²) < 4.78 is 4.83. The summed E-state index contributed by atoms with van der Waals surface area (Å²) in [5, 5.41) is 9.00. The van der Waals surface area contributed by atoms with Gasteiger partial charge in [0.1, 0.15) is 13.2 Å². The first-order chi connectivity index (χ1) is 8.20. The number of imide groups is 1. The number of carbonyl (C=O) groups is 2. The summed E-state index contributed by atoms with van der Waals surface area (Å²) in [6.45, 7) is 0.0740. The lowest BCUT2D eigenvalue weighted by Crippen LogP contribution is -2.45. The second kappa shape index (κ2) is 5.07. The highest BCUT2D eigenvalue weighted by molar-refractivity contribution is 5.98. The first-order valence-corrected chi connectivity index (χ1v) is 5.30. The molecule has 1 N–H and O–H groups in total. The van der Waals surface area contributed by atoms with E-state index in [0.717, 1.165) is 11.1 Å². The number of benzene rings is 1. The minimum Gasteiger partial charge on any atom is -0.392 e. The van der Waals surface area contributed by atoms with Crippen LogP contribution in [0, 0.1) is 0 Å². The van der Waals surface area contributed by atoms with Gasteiger partial charge < -0.3 is 9.84 Å². The minimum atomic E-state index is -0.323. The van der Waals surface area contributed by atoms with Crippen LogP contribution in [-0.2, 0) is 27.5 Å². The molecule has 1 aliphatic heterocycles. The smallest absolute Gasteiger partial charge is 0.255 e. The predicted molar refractivity (Wildman–Crippen MR) is 58.7 cm³/mol. The molecule has 5 heteroatoms. The van der Waals surface area contributed by atoms with Crippen molar-refractivity contribution in [3.63, 3.8) is 0 Å². The number of rotatable bonds is 3. The van der Waals surface area contributed by atoms with Gasteiger partial charge in [0.2, 0.25) is 0 Å². The van der Waals surface area contributed by atoms with E-state index in [-0.39, 0.29) is 38.2 Å². The maximum absolute atomic E-state index is 11.5. The van der Waals surface area contributed by atoms with E-state index in [2.05, 4.69) is 0 Å². The quantitative estimate of drug-likeness (QED) is 0.752. The molecule has 1 aliphatic rings. The Kier molecular flexibility index (Phi) is 3.51. The van der Waals surface area contributed by atoms with E-state index < -0.39 is 0 Å². The summed E-state index contributed by atoms with van der Waals surface area (Å²) in [7, 11) is 0. The van der Waals surface area contributed by atoms with Gasteiger partial charge in [-0.25, -0.2) is 0 Å². The largest absolute Gasteiger partial charge is 0.392 e. The van der Waals surface area contributed by atoms with Crippen molar-refractivity contribution in [2.24, 2.45) is 0 Å². The Balaban J connectivity index is 2.13. The van der Waals surface area contributed by atoms with Crippen molar-refractivity contribution in [1.29, 1.82) is 0 Å². The Morgan fingerprint density at radius 3 is 2.47 bits per heavy atom. The molecule has 90 valence electrons. The molecule has 1 saturated heterocycles. The average Bonchev–Trinajstić information content (AvgIpc) is 2.34. The molecule has 5 nitrogen and oxygen atoms in total. The Hall–Kier alpha value is -1.72. The van der Waals surface area contributed by atoms with Gasteiger partial charge in [0.15, 0.2) is 0 Å². The fraction of sp³-hybridized carbons (Fsp3) is 0.333. The zero-order valence-corrected chi connectivity index (χ0v) is 9.26. The topological polar surface area (TPSA) is 66.8 Å². The number of nitrogens with zero attached hydrogens (tertiary/aromatic N) is 1. The van der Waals surface area contributed by atoms with E-state index in [1.54, 1.807) is 18.2 Å². The van der Waals surface area contributed by atoms with Crippen LogP contribution >= 0.6 is 0 Å². The molecule has 1 heterocycles. The number of aliphatic hydroxyl groups excluding tert-OH is 1. The van der Waals surface area contributed by atoms with Gasteiger partial charge >= 0.3 is 0 Å². The second-order valence-corrected chi connectivity index (χ2v) is 3.84. The maximum Gasteiger partial charge on any atom is 0.255 e. The van der Waals surface area contributed by atoms with Crippen LogP contribution in [0.25, 0.3) is 0 Å². The van der Waals surface area contributed by atoms with Crippen LogP contribution in [0.4, 0.5) is 0 Å². The molecule has 0 spiro atoms. The molecule has 2 amide bonds. The molecule has 0 radical (unpaired) electrons. The van der Waals surface area contributed by atoms with E-state index in [9.17, 15) is 9.59 Å². The molecule has 0 saturated carbocycles. The fourth-order valence-corrected chi connectivity index (χ4v) is 1.71. The zero-order chi connectivity index (χ0) is 12.3. The van der Waals surface area contributed by atoms with Crippen molar-refractivity contribution in [2.45, 2.75) is 13.2 Å². The summed E-state index contributed by atoms with van der Waals surface area (Å²) in [6, 6.07) is 7.16.